The van der Waals surface area contributed by atoms with E-state index in [-0.39, 0.29) is 36.2 Å². The summed E-state index contributed by atoms with van der Waals surface area (Å²) < 4.78 is 53.9. The summed E-state index contributed by atoms with van der Waals surface area (Å²) in [6, 6.07) is 8.38. The minimum atomic E-state index is -4.75. The van der Waals surface area contributed by atoms with Crippen LogP contribution in [0, 0.1) is 0 Å². The van der Waals surface area contributed by atoms with Crippen LogP contribution in [0.4, 0.5) is 19.1 Å². The number of aromatic amines is 1. The van der Waals surface area contributed by atoms with Crippen molar-refractivity contribution in [3.05, 3.63) is 71.0 Å². The van der Waals surface area contributed by atoms with E-state index in [1.54, 1.807) is 12.1 Å². The standard InChI is InChI=1S/C23H16F3N7O3/c24-23(25,26)15-10-27-6-5-16(15)33-20-13(19-14(21(33)34)9-30-32-19)8-29-22(31-20)28-7-12-11-35-17-3-1-2-4-18(17)36-12/h1-6,8-10,12H,7,11H2,(H,30,32)(H,28,29,31). The Morgan fingerprint density at radius 3 is 2.78 bits per heavy atom. The van der Waals surface area contributed by atoms with E-state index >= 15 is 0 Å². The van der Waals surface area contributed by atoms with Gasteiger partial charge in [0.1, 0.15) is 12.7 Å². The predicted octanol–water partition coefficient (Wildman–Crippen LogP) is 3.32. The van der Waals surface area contributed by atoms with Crippen LogP contribution in [0.1, 0.15) is 5.56 Å². The number of alkyl halides is 3. The van der Waals surface area contributed by atoms with Crippen molar-refractivity contribution >= 4 is 27.9 Å². The highest BCUT2D eigenvalue weighted by atomic mass is 19.4. The van der Waals surface area contributed by atoms with Crippen LogP contribution in [-0.4, -0.2) is 49.0 Å². The molecular weight excluding hydrogens is 479 g/mol. The van der Waals surface area contributed by atoms with Crippen LogP contribution in [0.2, 0.25) is 0 Å². The Bertz CT molecular complexity index is 1660. The van der Waals surface area contributed by atoms with E-state index < -0.39 is 23.0 Å². The second-order valence-corrected chi connectivity index (χ2v) is 8.00. The van der Waals surface area contributed by atoms with Gasteiger partial charge in [-0.2, -0.15) is 23.3 Å². The number of hydrogen-bond donors (Lipinski definition) is 2. The third-order valence-corrected chi connectivity index (χ3v) is 5.72. The number of benzene rings is 1. The van der Waals surface area contributed by atoms with Crippen molar-refractivity contribution in [1.29, 1.82) is 0 Å². The van der Waals surface area contributed by atoms with Crippen molar-refractivity contribution in [2.75, 3.05) is 18.5 Å². The first-order valence-electron chi connectivity index (χ1n) is 10.8. The molecule has 1 aromatic carbocycles. The van der Waals surface area contributed by atoms with E-state index in [1.165, 1.54) is 18.6 Å². The number of anilines is 1. The molecule has 0 spiro atoms. The number of nitrogens with one attached hydrogen (secondary N) is 2. The molecule has 0 bridgehead atoms. The SMILES string of the molecule is O=c1c2cn[nH]c2c2cnc(NCC3COc4ccccc4O3)nc2n1-c1ccncc1C(F)(F)F. The number of H-pyrrole nitrogens is 1. The smallest absolute Gasteiger partial charge is 0.419 e. The summed E-state index contributed by atoms with van der Waals surface area (Å²) in [7, 11) is 0. The van der Waals surface area contributed by atoms with E-state index in [2.05, 4.69) is 30.5 Å². The third kappa shape index (κ3) is 3.65. The van der Waals surface area contributed by atoms with Crippen molar-refractivity contribution in [3.63, 3.8) is 0 Å². The van der Waals surface area contributed by atoms with Gasteiger partial charge in [-0.15, -0.1) is 0 Å². The molecule has 1 unspecified atom stereocenters. The summed E-state index contributed by atoms with van der Waals surface area (Å²) in [5.41, 5.74) is -1.90. The van der Waals surface area contributed by atoms with Crippen LogP contribution in [0.5, 0.6) is 11.5 Å². The molecule has 0 aliphatic carbocycles. The lowest BCUT2D eigenvalue weighted by atomic mass is 10.2. The molecule has 5 aromatic rings. The Labute approximate surface area is 199 Å². The lowest BCUT2D eigenvalue weighted by molar-refractivity contribution is -0.137. The number of halogens is 3. The molecule has 1 aliphatic heterocycles. The molecule has 0 fully saturated rings. The molecule has 0 amide bonds. The van der Waals surface area contributed by atoms with E-state index in [0.29, 0.717) is 28.6 Å². The van der Waals surface area contributed by atoms with E-state index in [9.17, 15) is 18.0 Å². The normalized spacial score (nSPS) is 15.4. The van der Waals surface area contributed by atoms with Gasteiger partial charge < -0.3 is 14.8 Å². The summed E-state index contributed by atoms with van der Waals surface area (Å²) in [6.07, 6.45) is -0.584. The molecule has 1 aliphatic rings. The molecular formula is C23H16F3N7O3. The lowest BCUT2D eigenvalue weighted by Crippen LogP contribution is -2.35. The van der Waals surface area contributed by atoms with Crippen molar-refractivity contribution in [2.24, 2.45) is 0 Å². The summed E-state index contributed by atoms with van der Waals surface area (Å²) in [4.78, 5) is 25.6. The quantitative estimate of drug-likeness (QED) is 0.390. The summed E-state index contributed by atoms with van der Waals surface area (Å²) in [6.45, 7) is 0.530. The van der Waals surface area contributed by atoms with E-state index in [0.717, 1.165) is 10.6 Å². The van der Waals surface area contributed by atoms with Crippen LogP contribution in [0.3, 0.4) is 0 Å². The highest BCUT2D eigenvalue weighted by Gasteiger charge is 2.35. The highest BCUT2D eigenvalue weighted by molar-refractivity contribution is 6.02. The van der Waals surface area contributed by atoms with Gasteiger partial charge in [-0.3, -0.25) is 19.4 Å². The zero-order valence-electron chi connectivity index (χ0n) is 18.3. The molecule has 13 heteroatoms. The number of ether oxygens (including phenoxy) is 2. The number of fused-ring (bicyclic) bond motifs is 4. The van der Waals surface area contributed by atoms with Gasteiger partial charge in [-0.05, 0) is 18.2 Å². The average molecular weight is 495 g/mol. The number of rotatable bonds is 4. The molecule has 0 saturated carbocycles. The van der Waals surface area contributed by atoms with Gasteiger partial charge in [0.05, 0.1) is 40.3 Å². The molecule has 36 heavy (non-hydrogen) atoms. The van der Waals surface area contributed by atoms with Gasteiger partial charge in [0, 0.05) is 18.6 Å². The molecule has 10 nitrogen and oxygen atoms in total. The molecule has 5 heterocycles. The number of aromatic nitrogens is 6. The van der Waals surface area contributed by atoms with Crippen LogP contribution < -0.4 is 20.3 Å². The van der Waals surface area contributed by atoms with Crippen molar-refractivity contribution in [3.8, 4) is 17.2 Å². The number of nitrogens with zero attached hydrogens (tertiary/aromatic N) is 5. The van der Waals surface area contributed by atoms with Crippen LogP contribution in [0.15, 0.2) is 59.9 Å². The first-order chi connectivity index (χ1) is 17.4. The maximum absolute atomic E-state index is 13.8. The van der Waals surface area contributed by atoms with Crippen LogP contribution in [0.25, 0.3) is 27.6 Å². The van der Waals surface area contributed by atoms with Gasteiger partial charge in [-0.1, -0.05) is 12.1 Å². The Balaban J connectivity index is 1.42. The number of para-hydroxylation sites is 2. The van der Waals surface area contributed by atoms with Gasteiger partial charge in [-0.25, -0.2) is 4.98 Å². The average Bonchev–Trinajstić information content (AvgIpc) is 3.38. The molecule has 0 radical (unpaired) electrons. The fourth-order valence-corrected chi connectivity index (χ4v) is 4.07. The summed E-state index contributed by atoms with van der Waals surface area (Å²) >= 11 is 0. The van der Waals surface area contributed by atoms with Gasteiger partial charge >= 0.3 is 6.18 Å². The van der Waals surface area contributed by atoms with Gasteiger partial charge in [0.2, 0.25) is 5.95 Å². The predicted molar refractivity (Wildman–Crippen MR) is 122 cm³/mol. The highest BCUT2D eigenvalue weighted by Crippen LogP contribution is 2.34. The fourth-order valence-electron chi connectivity index (χ4n) is 4.07. The summed E-state index contributed by atoms with van der Waals surface area (Å²) in [5, 5.41) is 10.0. The Hall–Kier alpha value is -4.68. The molecule has 0 saturated heterocycles. The third-order valence-electron chi connectivity index (χ3n) is 5.72. The minimum Gasteiger partial charge on any atom is -0.486 e. The Morgan fingerprint density at radius 1 is 1.11 bits per heavy atom. The van der Waals surface area contributed by atoms with Crippen molar-refractivity contribution in [2.45, 2.75) is 12.3 Å². The second kappa shape index (κ2) is 8.22. The maximum atomic E-state index is 13.8. The first-order valence-corrected chi connectivity index (χ1v) is 10.8. The Morgan fingerprint density at radius 2 is 1.94 bits per heavy atom. The summed E-state index contributed by atoms with van der Waals surface area (Å²) in [5.74, 6) is 1.34. The van der Waals surface area contributed by atoms with Crippen LogP contribution >= 0.6 is 0 Å². The maximum Gasteiger partial charge on any atom is 0.419 e. The monoisotopic (exact) mass is 495 g/mol. The molecule has 182 valence electrons. The fraction of sp³-hybridized carbons (Fsp3) is 0.174. The number of hydrogen-bond acceptors (Lipinski definition) is 8. The van der Waals surface area contributed by atoms with E-state index in [4.69, 9.17) is 9.47 Å². The molecule has 4 aromatic heterocycles. The van der Waals surface area contributed by atoms with Crippen molar-refractivity contribution < 1.29 is 22.6 Å². The second-order valence-electron chi connectivity index (χ2n) is 8.00. The lowest BCUT2D eigenvalue weighted by Gasteiger charge is -2.26. The Kier molecular flexibility index (Phi) is 4.98. The van der Waals surface area contributed by atoms with Gasteiger partial charge in [0.15, 0.2) is 17.1 Å². The zero-order chi connectivity index (χ0) is 24.9. The largest absolute Gasteiger partial charge is 0.486 e. The minimum absolute atomic E-state index is 0.0305. The zero-order valence-corrected chi connectivity index (χ0v) is 18.3. The number of pyridine rings is 2. The molecule has 6 rings (SSSR count). The topological polar surface area (TPSA) is 120 Å². The first kappa shape index (κ1) is 21.8. The molecule has 1 atom stereocenters. The molecule has 2 N–H and O–H groups in total. The van der Waals surface area contributed by atoms with Gasteiger partial charge in [0.25, 0.3) is 5.56 Å². The van der Waals surface area contributed by atoms with Crippen LogP contribution in [-0.2, 0) is 6.18 Å². The van der Waals surface area contributed by atoms with Crippen molar-refractivity contribution in [1.82, 2.24) is 29.7 Å². The van der Waals surface area contributed by atoms with E-state index in [1.807, 2.05) is 12.1 Å².